The molecule has 0 unspecified atom stereocenters. The predicted molar refractivity (Wildman–Crippen MR) is 69.7 cm³/mol. The number of amides is 3. The fourth-order valence-corrected chi connectivity index (χ4v) is 1.59. The number of furan rings is 1. The van der Waals surface area contributed by atoms with Gasteiger partial charge in [0.1, 0.15) is 5.82 Å². The summed E-state index contributed by atoms with van der Waals surface area (Å²) in [7, 11) is 0. The van der Waals surface area contributed by atoms with Crippen molar-refractivity contribution in [2.75, 3.05) is 6.54 Å². The number of benzene rings is 1. The number of carbonyl (C=O) groups excluding carboxylic acids is 2. The molecule has 0 aliphatic heterocycles. The summed E-state index contributed by atoms with van der Waals surface area (Å²) in [6.45, 7) is 0.336. The number of halogens is 1. The van der Waals surface area contributed by atoms with Crippen LogP contribution in [0.15, 0.2) is 47.1 Å². The van der Waals surface area contributed by atoms with Crippen molar-refractivity contribution in [2.45, 2.75) is 6.42 Å². The summed E-state index contributed by atoms with van der Waals surface area (Å²) in [5.74, 6) is -0.837. The Bertz CT molecular complexity index is 579. The van der Waals surface area contributed by atoms with Gasteiger partial charge in [0.15, 0.2) is 5.76 Å². The van der Waals surface area contributed by atoms with E-state index in [-0.39, 0.29) is 11.6 Å². The maximum atomic E-state index is 12.7. The van der Waals surface area contributed by atoms with E-state index in [0.717, 1.165) is 5.56 Å². The Morgan fingerprint density at radius 3 is 2.55 bits per heavy atom. The van der Waals surface area contributed by atoms with Gasteiger partial charge in [-0.15, -0.1) is 0 Å². The van der Waals surface area contributed by atoms with Gasteiger partial charge in [0, 0.05) is 6.54 Å². The van der Waals surface area contributed by atoms with Gasteiger partial charge in [0.25, 0.3) is 5.91 Å². The van der Waals surface area contributed by atoms with Gasteiger partial charge in [-0.05, 0) is 36.2 Å². The molecule has 2 aromatic rings. The molecule has 0 saturated heterocycles. The molecule has 0 aliphatic rings. The van der Waals surface area contributed by atoms with Crippen LogP contribution in [0.5, 0.6) is 0 Å². The molecule has 1 aromatic heterocycles. The molecular formula is C14H13FN2O3. The van der Waals surface area contributed by atoms with Crippen molar-refractivity contribution in [1.29, 1.82) is 0 Å². The third kappa shape index (κ3) is 3.94. The van der Waals surface area contributed by atoms with Crippen LogP contribution in [0.1, 0.15) is 16.1 Å². The normalized spacial score (nSPS) is 10.1. The Labute approximate surface area is 114 Å². The van der Waals surface area contributed by atoms with Gasteiger partial charge in [-0.1, -0.05) is 12.1 Å². The highest BCUT2D eigenvalue weighted by atomic mass is 19.1. The largest absolute Gasteiger partial charge is 0.459 e. The van der Waals surface area contributed by atoms with Crippen LogP contribution in [0.4, 0.5) is 9.18 Å². The summed E-state index contributed by atoms with van der Waals surface area (Å²) < 4.78 is 17.5. The highest BCUT2D eigenvalue weighted by Gasteiger charge is 2.11. The maximum Gasteiger partial charge on any atom is 0.321 e. The summed E-state index contributed by atoms with van der Waals surface area (Å²) >= 11 is 0. The van der Waals surface area contributed by atoms with Crippen LogP contribution in [0.25, 0.3) is 0 Å². The minimum Gasteiger partial charge on any atom is -0.459 e. The van der Waals surface area contributed by atoms with E-state index in [1.54, 1.807) is 18.2 Å². The van der Waals surface area contributed by atoms with E-state index >= 15 is 0 Å². The SMILES string of the molecule is O=C(NCCc1ccc(F)cc1)NC(=O)c1ccco1. The fourth-order valence-electron chi connectivity index (χ4n) is 1.59. The molecule has 1 aromatic carbocycles. The van der Waals surface area contributed by atoms with E-state index in [1.165, 1.54) is 24.5 Å². The molecule has 5 nitrogen and oxygen atoms in total. The number of imide groups is 1. The van der Waals surface area contributed by atoms with Crippen molar-refractivity contribution >= 4 is 11.9 Å². The smallest absolute Gasteiger partial charge is 0.321 e. The number of rotatable bonds is 4. The van der Waals surface area contributed by atoms with E-state index in [2.05, 4.69) is 10.6 Å². The molecule has 3 amide bonds. The second-order valence-electron chi connectivity index (χ2n) is 4.06. The first-order chi connectivity index (χ1) is 9.65. The van der Waals surface area contributed by atoms with E-state index in [1.807, 2.05) is 0 Å². The van der Waals surface area contributed by atoms with E-state index in [4.69, 9.17) is 4.42 Å². The second-order valence-corrected chi connectivity index (χ2v) is 4.06. The van der Waals surface area contributed by atoms with E-state index < -0.39 is 11.9 Å². The molecule has 0 bridgehead atoms. The van der Waals surface area contributed by atoms with Gasteiger partial charge >= 0.3 is 6.03 Å². The highest BCUT2D eigenvalue weighted by molar-refractivity contribution is 6.02. The Balaban J connectivity index is 1.73. The molecule has 6 heteroatoms. The first-order valence-electron chi connectivity index (χ1n) is 6.02. The number of hydrogen-bond donors (Lipinski definition) is 2. The quantitative estimate of drug-likeness (QED) is 0.898. The van der Waals surface area contributed by atoms with Gasteiger partial charge in [-0.25, -0.2) is 9.18 Å². The lowest BCUT2D eigenvalue weighted by atomic mass is 10.1. The Morgan fingerprint density at radius 1 is 1.15 bits per heavy atom. The summed E-state index contributed by atoms with van der Waals surface area (Å²) in [6, 6.07) is 8.41. The lowest BCUT2D eigenvalue weighted by Crippen LogP contribution is -2.40. The zero-order valence-electron chi connectivity index (χ0n) is 10.6. The lowest BCUT2D eigenvalue weighted by molar-refractivity contribution is 0.0937. The van der Waals surface area contributed by atoms with Crippen LogP contribution in [0.2, 0.25) is 0 Å². The molecule has 0 radical (unpaired) electrons. The first-order valence-corrected chi connectivity index (χ1v) is 6.02. The second kappa shape index (κ2) is 6.51. The van der Waals surface area contributed by atoms with Crippen molar-refractivity contribution in [1.82, 2.24) is 10.6 Å². The fraction of sp³-hybridized carbons (Fsp3) is 0.143. The van der Waals surface area contributed by atoms with Crippen molar-refractivity contribution < 1.29 is 18.4 Å². The Morgan fingerprint density at radius 2 is 1.90 bits per heavy atom. The zero-order valence-corrected chi connectivity index (χ0v) is 10.6. The molecule has 2 rings (SSSR count). The van der Waals surface area contributed by atoms with Crippen molar-refractivity contribution in [3.05, 3.63) is 59.8 Å². The predicted octanol–water partition coefficient (Wildman–Crippen LogP) is 2.10. The van der Waals surface area contributed by atoms with Crippen LogP contribution in [0.3, 0.4) is 0 Å². The van der Waals surface area contributed by atoms with Crippen molar-refractivity contribution in [3.63, 3.8) is 0 Å². The van der Waals surface area contributed by atoms with Crippen LogP contribution in [-0.2, 0) is 6.42 Å². The molecule has 2 N–H and O–H groups in total. The third-order valence-electron chi connectivity index (χ3n) is 2.58. The lowest BCUT2D eigenvalue weighted by Gasteiger charge is -2.05. The molecule has 1 heterocycles. The highest BCUT2D eigenvalue weighted by Crippen LogP contribution is 2.02. The standard InChI is InChI=1S/C14H13FN2O3/c15-11-5-3-10(4-6-11)7-8-16-14(19)17-13(18)12-2-1-9-20-12/h1-6,9H,7-8H2,(H2,16,17,18,19). The first kappa shape index (κ1) is 13.8. The minimum absolute atomic E-state index is 0.0682. The number of hydrogen-bond acceptors (Lipinski definition) is 3. The van der Waals surface area contributed by atoms with E-state index in [0.29, 0.717) is 13.0 Å². The average molecular weight is 276 g/mol. The molecule has 0 atom stereocenters. The Hall–Kier alpha value is -2.63. The van der Waals surface area contributed by atoms with Crippen molar-refractivity contribution in [2.24, 2.45) is 0 Å². The molecule has 104 valence electrons. The van der Waals surface area contributed by atoms with Gasteiger partial charge in [-0.3, -0.25) is 10.1 Å². The van der Waals surface area contributed by atoms with Gasteiger partial charge < -0.3 is 9.73 Å². The van der Waals surface area contributed by atoms with Crippen LogP contribution >= 0.6 is 0 Å². The number of urea groups is 1. The van der Waals surface area contributed by atoms with Crippen LogP contribution < -0.4 is 10.6 Å². The molecule has 0 aliphatic carbocycles. The summed E-state index contributed by atoms with van der Waals surface area (Å²) in [5, 5.41) is 4.67. The van der Waals surface area contributed by atoms with Crippen LogP contribution in [-0.4, -0.2) is 18.5 Å². The number of carbonyl (C=O) groups is 2. The molecule has 0 spiro atoms. The summed E-state index contributed by atoms with van der Waals surface area (Å²) in [4.78, 5) is 22.9. The minimum atomic E-state index is -0.603. The van der Waals surface area contributed by atoms with Crippen molar-refractivity contribution in [3.8, 4) is 0 Å². The number of nitrogens with one attached hydrogen (secondary N) is 2. The molecule has 0 fully saturated rings. The topological polar surface area (TPSA) is 71.3 Å². The Kier molecular flexibility index (Phi) is 4.49. The van der Waals surface area contributed by atoms with Crippen LogP contribution in [0, 0.1) is 5.82 Å². The summed E-state index contributed by atoms with van der Waals surface area (Å²) in [5.41, 5.74) is 0.893. The molecule has 20 heavy (non-hydrogen) atoms. The summed E-state index contributed by atoms with van der Waals surface area (Å²) in [6.07, 6.45) is 1.89. The van der Waals surface area contributed by atoms with Gasteiger partial charge in [0.05, 0.1) is 6.26 Å². The maximum absolute atomic E-state index is 12.7. The zero-order chi connectivity index (χ0) is 14.4. The molecule has 0 saturated carbocycles. The van der Waals surface area contributed by atoms with Gasteiger partial charge in [0.2, 0.25) is 0 Å². The third-order valence-corrected chi connectivity index (χ3v) is 2.58. The van der Waals surface area contributed by atoms with E-state index in [9.17, 15) is 14.0 Å². The molecular weight excluding hydrogens is 263 g/mol. The average Bonchev–Trinajstić information content (AvgIpc) is 2.95. The monoisotopic (exact) mass is 276 g/mol. The van der Waals surface area contributed by atoms with Gasteiger partial charge in [-0.2, -0.15) is 0 Å².